The molecule has 0 saturated heterocycles. The van der Waals surface area contributed by atoms with Gasteiger partial charge in [-0.05, 0) is 72.2 Å². The normalized spacial score (nSPS) is 16.3. The average Bonchev–Trinajstić information content (AvgIpc) is 2.71. The Morgan fingerprint density at radius 1 is 1.28 bits per heavy atom. The fourth-order valence-electron chi connectivity index (χ4n) is 3.70. The van der Waals surface area contributed by atoms with E-state index in [1.54, 1.807) is 12.1 Å². The van der Waals surface area contributed by atoms with Gasteiger partial charge in [-0.25, -0.2) is 13.1 Å². The van der Waals surface area contributed by atoms with Crippen LogP contribution in [0.4, 0.5) is 0 Å². The Labute approximate surface area is 185 Å². The lowest BCUT2D eigenvalue weighted by Crippen LogP contribution is -2.39. The van der Waals surface area contributed by atoms with Crippen molar-refractivity contribution in [1.82, 2.24) is 4.72 Å². The molecule has 1 N–H and O–H groups in total. The molecule has 0 bridgehead atoms. The van der Waals surface area contributed by atoms with Crippen molar-refractivity contribution in [2.24, 2.45) is 0 Å². The molecular weight excluding hydrogens is 478 g/mol. The van der Waals surface area contributed by atoms with Gasteiger partial charge in [0.15, 0.2) is 0 Å². The summed E-state index contributed by atoms with van der Waals surface area (Å²) in [5.41, 5.74) is 4.61. The minimum atomic E-state index is -3.61. The first-order chi connectivity index (χ1) is 13.8. The molecule has 0 heterocycles. The van der Waals surface area contributed by atoms with E-state index >= 15 is 0 Å². The minimum absolute atomic E-state index is 0.179. The summed E-state index contributed by atoms with van der Waals surface area (Å²) in [4.78, 5) is 11.8. The molecule has 2 aromatic carbocycles. The van der Waals surface area contributed by atoms with Gasteiger partial charge in [0.1, 0.15) is 0 Å². The third-order valence-electron chi connectivity index (χ3n) is 5.13. The number of aryl methyl sites for hydroxylation is 1. The summed E-state index contributed by atoms with van der Waals surface area (Å²) in [5.74, 6) is -0.229. The van der Waals surface area contributed by atoms with Crippen LogP contribution >= 0.6 is 27.5 Å². The molecule has 1 aliphatic carbocycles. The maximum atomic E-state index is 12.7. The second-order valence-corrected chi connectivity index (χ2v) is 9.83. The van der Waals surface area contributed by atoms with Crippen LogP contribution in [-0.4, -0.2) is 27.5 Å². The number of halogens is 2. The largest absolute Gasteiger partial charge is 0.469 e. The highest BCUT2D eigenvalue weighted by Gasteiger charge is 2.26. The Kier molecular flexibility index (Phi) is 7.37. The minimum Gasteiger partial charge on any atom is -0.469 e. The molecule has 29 heavy (non-hydrogen) atoms. The molecule has 156 valence electrons. The van der Waals surface area contributed by atoms with E-state index in [1.165, 1.54) is 24.8 Å². The lowest BCUT2D eigenvalue weighted by molar-refractivity contribution is -0.140. The van der Waals surface area contributed by atoms with Gasteiger partial charge in [0.05, 0.1) is 12.0 Å². The van der Waals surface area contributed by atoms with Crippen LogP contribution in [0.3, 0.4) is 0 Å². The molecule has 1 atom stereocenters. The standard InChI is InChI=1S/C21H23BrClNO4S/c1-28-21(25)9-2-15-10-14(13-22)11-16-12-18(5-8-20(15)16)24-29(26,27)19-6-3-17(23)4-7-19/h3-4,6-7,10-11,18,24H,2,5,8-9,12-13H2,1H3. The molecule has 1 aliphatic rings. The van der Waals surface area contributed by atoms with Gasteiger partial charge in [-0.3, -0.25) is 4.79 Å². The van der Waals surface area contributed by atoms with Crippen LogP contribution in [0.25, 0.3) is 0 Å². The van der Waals surface area contributed by atoms with E-state index in [1.807, 2.05) is 0 Å². The first-order valence-corrected chi connectivity index (χ1v) is 12.3. The fourth-order valence-corrected chi connectivity index (χ4v) is 5.42. The molecule has 3 rings (SSSR count). The molecular formula is C21H23BrClNO4S. The van der Waals surface area contributed by atoms with Crippen molar-refractivity contribution in [3.8, 4) is 0 Å². The fraction of sp³-hybridized carbons (Fsp3) is 0.381. The molecule has 0 saturated carbocycles. The number of ether oxygens (including phenoxy) is 1. The molecule has 0 aromatic heterocycles. The molecule has 0 fully saturated rings. The Balaban J connectivity index is 1.79. The number of nitrogens with one attached hydrogen (secondary N) is 1. The van der Waals surface area contributed by atoms with Gasteiger partial charge in [0.25, 0.3) is 0 Å². The number of fused-ring (bicyclic) bond motifs is 1. The third-order valence-corrected chi connectivity index (χ3v) is 7.57. The summed E-state index contributed by atoms with van der Waals surface area (Å²) in [5, 5.41) is 1.20. The summed E-state index contributed by atoms with van der Waals surface area (Å²) >= 11 is 9.36. The Hall–Kier alpha value is -1.41. The lowest BCUT2D eigenvalue weighted by Gasteiger charge is -2.28. The summed E-state index contributed by atoms with van der Waals surface area (Å²) < 4.78 is 33.0. The highest BCUT2D eigenvalue weighted by molar-refractivity contribution is 9.08. The topological polar surface area (TPSA) is 72.5 Å². The number of carbonyl (C=O) groups is 1. The number of hydrogen-bond acceptors (Lipinski definition) is 4. The van der Waals surface area contributed by atoms with Gasteiger partial charge < -0.3 is 4.74 Å². The summed E-state index contributed by atoms with van der Waals surface area (Å²) in [6, 6.07) is 10.2. The van der Waals surface area contributed by atoms with Crippen molar-refractivity contribution in [2.45, 2.75) is 48.4 Å². The molecule has 0 spiro atoms. The third kappa shape index (κ3) is 5.60. The quantitative estimate of drug-likeness (QED) is 0.457. The zero-order chi connectivity index (χ0) is 21.0. The van der Waals surface area contributed by atoms with Crippen molar-refractivity contribution in [3.05, 3.63) is 63.7 Å². The van der Waals surface area contributed by atoms with E-state index < -0.39 is 10.0 Å². The van der Waals surface area contributed by atoms with Crippen LogP contribution < -0.4 is 4.72 Å². The second kappa shape index (κ2) is 9.60. The smallest absolute Gasteiger partial charge is 0.305 e. The summed E-state index contributed by atoms with van der Waals surface area (Å²) in [6.45, 7) is 0. The second-order valence-electron chi connectivity index (χ2n) is 7.12. The number of alkyl halides is 1. The Bertz CT molecular complexity index is 992. The van der Waals surface area contributed by atoms with Crippen LogP contribution in [0.2, 0.25) is 5.02 Å². The average molecular weight is 501 g/mol. The van der Waals surface area contributed by atoms with Gasteiger partial charge in [-0.15, -0.1) is 0 Å². The van der Waals surface area contributed by atoms with Crippen LogP contribution in [0.15, 0.2) is 41.3 Å². The highest BCUT2D eigenvalue weighted by atomic mass is 79.9. The van der Waals surface area contributed by atoms with Gasteiger partial charge >= 0.3 is 5.97 Å². The number of carbonyl (C=O) groups excluding carboxylic acids is 1. The van der Waals surface area contributed by atoms with E-state index in [0.29, 0.717) is 36.0 Å². The summed E-state index contributed by atoms with van der Waals surface area (Å²) in [6.07, 6.45) is 3.05. The van der Waals surface area contributed by atoms with Gasteiger partial charge in [-0.1, -0.05) is 39.7 Å². The predicted molar refractivity (Wildman–Crippen MR) is 117 cm³/mol. The molecule has 2 aromatic rings. The molecule has 0 aliphatic heterocycles. The van der Waals surface area contributed by atoms with E-state index in [-0.39, 0.29) is 16.9 Å². The lowest BCUT2D eigenvalue weighted by atomic mass is 9.83. The van der Waals surface area contributed by atoms with Crippen molar-refractivity contribution in [2.75, 3.05) is 7.11 Å². The SMILES string of the molecule is COC(=O)CCc1cc(CBr)cc2c1CCC(NS(=O)(=O)c1ccc(Cl)cc1)C2. The van der Waals surface area contributed by atoms with Crippen LogP contribution in [0.1, 0.15) is 35.1 Å². The Morgan fingerprint density at radius 3 is 2.66 bits per heavy atom. The number of rotatable bonds is 7. The van der Waals surface area contributed by atoms with Crippen LogP contribution in [0.5, 0.6) is 0 Å². The zero-order valence-corrected chi connectivity index (χ0v) is 19.2. The van der Waals surface area contributed by atoms with Gasteiger partial charge in [0.2, 0.25) is 10.0 Å². The Morgan fingerprint density at radius 2 is 2.00 bits per heavy atom. The van der Waals surface area contributed by atoms with E-state index in [9.17, 15) is 13.2 Å². The van der Waals surface area contributed by atoms with Crippen LogP contribution in [-0.2, 0) is 44.1 Å². The maximum Gasteiger partial charge on any atom is 0.305 e. The van der Waals surface area contributed by atoms with Crippen molar-refractivity contribution >= 4 is 43.5 Å². The first-order valence-electron chi connectivity index (χ1n) is 9.36. The monoisotopic (exact) mass is 499 g/mol. The van der Waals surface area contributed by atoms with Gasteiger partial charge in [0, 0.05) is 22.8 Å². The molecule has 8 heteroatoms. The zero-order valence-electron chi connectivity index (χ0n) is 16.1. The molecule has 0 radical (unpaired) electrons. The van der Waals surface area contributed by atoms with E-state index in [2.05, 4.69) is 32.8 Å². The number of sulfonamides is 1. The molecule has 5 nitrogen and oxygen atoms in total. The molecule has 1 unspecified atom stereocenters. The van der Waals surface area contributed by atoms with E-state index in [0.717, 1.165) is 23.1 Å². The van der Waals surface area contributed by atoms with Crippen LogP contribution in [0, 0.1) is 0 Å². The highest BCUT2D eigenvalue weighted by Crippen LogP contribution is 2.29. The molecule has 0 amide bonds. The predicted octanol–water partition coefficient (Wildman–Crippen LogP) is 4.18. The van der Waals surface area contributed by atoms with E-state index in [4.69, 9.17) is 16.3 Å². The van der Waals surface area contributed by atoms with Crippen molar-refractivity contribution < 1.29 is 17.9 Å². The maximum absolute atomic E-state index is 12.7. The number of hydrogen-bond donors (Lipinski definition) is 1. The summed E-state index contributed by atoms with van der Waals surface area (Å²) in [7, 11) is -2.22. The van der Waals surface area contributed by atoms with Crippen molar-refractivity contribution in [3.63, 3.8) is 0 Å². The van der Waals surface area contributed by atoms with Gasteiger partial charge in [-0.2, -0.15) is 0 Å². The van der Waals surface area contributed by atoms with Crippen molar-refractivity contribution in [1.29, 1.82) is 0 Å². The number of methoxy groups -OCH3 is 1. The number of benzene rings is 2. The number of esters is 1. The first kappa shape index (κ1) is 22.3.